The van der Waals surface area contributed by atoms with Gasteiger partial charge in [-0.15, -0.1) is 11.3 Å². The van der Waals surface area contributed by atoms with Gasteiger partial charge in [0.1, 0.15) is 10.7 Å². The minimum absolute atomic E-state index is 0.172. The molecule has 0 radical (unpaired) electrons. The molecule has 2 heterocycles. The van der Waals surface area contributed by atoms with Crippen LogP contribution in [0.25, 0.3) is 10.1 Å². The second-order valence-electron chi connectivity index (χ2n) is 6.71. The quantitative estimate of drug-likeness (QED) is 0.574. The van der Waals surface area contributed by atoms with E-state index in [2.05, 4.69) is 6.07 Å². The maximum Gasteiger partial charge on any atom is 0.350 e. The fourth-order valence-corrected chi connectivity index (χ4v) is 4.79. The van der Waals surface area contributed by atoms with Gasteiger partial charge in [-0.3, -0.25) is 4.79 Å². The Labute approximate surface area is 170 Å². The van der Waals surface area contributed by atoms with E-state index in [1.807, 2.05) is 18.2 Å². The van der Waals surface area contributed by atoms with E-state index >= 15 is 0 Å². The predicted molar refractivity (Wildman–Crippen MR) is 107 cm³/mol. The van der Waals surface area contributed by atoms with Gasteiger partial charge in [-0.05, 0) is 42.7 Å². The van der Waals surface area contributed by atoms with Crippen LogP contribution in [0, 0.1) is 5.82 Å². The third-order valence-corrected chi connectivity index (χ3v) is 6.49. The van der Waals surface area contributed by atoms with Gasteiger partial charge in [0.2, 0.25) is 0 Å². The van der Waals surface area contributed by atoms with E-state index in [0.29, 0.717) is 23.2 Å². The Kier molecular flexibility index (Phi) is 5.08. The molecule has 0 spiro atoms. The number of amides is 1. The largest absolute Gasteiger partial charge is 0.448 e. The summed E-state index contributed by atoms with van der Waals surface area (Å²) < 4.78 is 19.3. The standard InChI is InChI=1S/C21H17ClFNO3S/c1-12(20(25)24-9-8-13-4-2-3-5-14(13)11-24)27-21(26)19-18(22)16-7-6-15(23)10-17(16)28-19/h2-7,10,12H,8-9,11H2,1H3. The molecule has 0 saturated heterocycles. The summed E-state index contributed by atoms with van der Waals surface area (Å²) in [6, 6.07) is 12.1. The van der Waals surface area contributed by atoms with Crippen molar-refractivity contribution in [1.29, 1.82) is 0 Å². The van der Waals surface area contributed by atoms with Crippen LogP contribution in [0.4, 0.5) is 4.39 Å². The Hall–Kier alpha value is -2.44. The molecule has 4 nitrogen and oxygen atoms in total. The molecule has 0 saturated carbocycles. The molecule has 7 heteroatoms. The number of carbonyl (C=O) groups excluding carboxylic acids is 2. The Bertz CT molecular complexity index is 1080. The minimum atomic E-state index is -0.934. The van der Waals surface area contributed by atoms with Crippen LogP contribution in [-0.4, -0.2) is 29.4 Å². The van der Waals surface area contributed by atoms with Gasteiger partial charge in [0.05, 0.1) is 5.02 Å². The molecule has 0 N–H and O–H groups in total. The van der Waals surface area contributed by atoms with Crippen molar-refractivity contribution in [3.05, 3.63) is 69.3 Å². The van der Waals surface area contributed by atoms with E-state index in [1.165, 1.54) is 23.8 Å². The Morgan fingerprint density at radius 2 is 1.96 bits per heavy atom. The monoisotopic (exact) mass is 417 g/mol. The summed E-state index contributed by atoms with van der Waals surface area (Å²) in [5.41, 5.74) is 2.34. The van der Waals surface area contributed by atoms with Crippen LogP contribution >= 0.6 is 22.9 Å². The Balaban J connectivity index is 1.48. The Morgan fingerprint density at radius 1 is 1.21 bits per heavy atom. The van der Waals surface area contributed by atoms with Gasteiger partial charge in [-0.2, -0.15) is 0 Å². The molecule has 144 valence electrons. The molecule has 0 aliphatic carbocycles. The highest BCUT2D eigenvalue weighted by atomic mass is 35.5. The normalized spacial score (nSPS) is 14.6. The third-order valence-electron chi connectivity index (χ3n) is 4.85. The zero-order chi connectivity index (χ0) is 19.8. The number of hydrogen-bond acceptors (Lipinski definition) is 4. The summed E-state index contributed by atoms with van der Waals surface area (Å²) in [6.45, 7) is 2.64. The number of rotatable bonds is 3. The topological polar surface area (TPSA) is 46.6 Å². The van der Waals surface area contributed by atoms with Crippen LogP contribution in [0.15, 0.2) is 42.5 Å². The predicted octanol–water partition coefficient (Wildman–Crippen LogP) is 4.82. The molecule has 1 aliphatic heterocycles. The summed E-state index contributed by atoms with van der Waals surface area (Å²) in [5.74, 6) is -1.32. The average molecular weight is 418 g/mol. The number of hydrogen-bond donors (Lipinski definition) is 0. The first-order chi connectivity index (χ1) is 13.4. The van der Waals surface area contributed by atoms with Crippen molar-refractivity contribution in [2.24, 2.45) is 0 Å². The second kappa shape index (κ2) is 7.53. The van der Waals surface area contributed by atoms with E-state index in [4.69, 9.17) is 16.3 Å². The van der Waals surface area contributed by atoms with E-state index in [9.17, 15) is 14.0 Å². The molecule has 1 aromatic heterocycles. The molecule has 0 bridgehead atoms. The van der Waals surface area contributed by atoms with Crippen LogP contribution in [0.2, 0.25) is 5.02 Å². The Morgan fingerprint density at radius 3 is 2.75 bits per heavy atom. The highest BCUT2D eigenvalue weighted by Crippen LogP contribution is 2.36. The van der Waals surface area contributed by atoms with E-state index < -0.39 is 17.9 Å². The van der Waals surface area contributed by atoms with Crippen LogP contribution in [0.3, 0.4) is 0 Å². The first-order valence-electron chi connectivity index (χ1n) is 8.88. The van der Waals surface area contributed by atoms with Crippen LogP contribution in [0.1, 0.15) is 27.7 Å². The molecule has 1 unspecified atom stereocenters. The smallest absolute Gasteiger partial charge is 0.350 e. The van der Waals surface area contributed by atoms with E-state index in [-0.39, 0.29) is 15.8 Å². The van der Waals surface area contributed by atoms with Crippen LogP contribution in [-0.2, 0) is 22.5 Å². The molecular weight excluding hydrogens is 401 g/mol. The lowest BCUT2D eigenvalue weighted by molar-refractivity contribution is -0.140. The van der Waals surface area contributed by atoms with Crippen molar-refractivity contribution in [2.45, 2.75) is 26.0 Å². The van der Waals surface area contributed by atoms with Gasteiger partial charge in [-0.25, -0.2) is 9.18 Å². The summed E-state index contributed by atoms with van der Waals surface area (Å²) in [7, 11) is 0. The van der Waals surface area contributed by atoms with Crippen LogP contribution in [0.5, 0.6) is 0 Å². The van der Waals surface area contributed by atoms with Gasteiger partial charge < -0.3 is 9.64 Å². The number of nitrogens with zero attached hydrogens (tertiary/aromatic N) is 1. The van der Waals surface area contributed by atoms with Gasteiger partial charge in [0.15, 0.2) is 6.10 Å². The SMILES string of the molecule is CC(OC(=O)c1sc2cc(F)ccc2c1Cl)C(=O)N1CCc2ccccc2C1. The van der Waals surface area contributed by atoms with Gasteiger partial charge in [0.25, 0.3) is 5.91 Å². The van der Waals surface area contributed by atoms with Crippen molar-refractivity contribution in [3.63, 3.8) is 0 Å². The highest BCUT2D eigenvalue weighted by molar-refractivity contribution is 7.21. The minimum Gasteiger partial charge on any atom is -0.448 e. The first kappa shape index (κ1) is 18.9. The molecule has 1 aliphatic rings. The molecule has 1 amide bonds. The summed E-state index contributed by atoms with van der Waals surface area (Å²) >= 11 is 7.32. The summed E-state index contributed by atoms with van der Waals surface area (Å²) in [6.07, 6.45) is -0.160. The van der Waals surface area contributed by atoms with Crippen molar-refractivity contribution in [1.82, 2.24) is 4.90 Å². The average Bonchev–Trinajstić information content (AvgIpc) is 3.02. The van der Waals surface area contributed by atoms with Crippen molar-refractivity contribution >= 4 is 44.9 Å². The number of thiophene rings is 1. The summed E-state index contributed by atoms with van der Waals surface area (Å²) in [5, 5.41) is 0.809. The molecule has 1 atom stereocenters. The van der Waals surface area contributed by atoms with Crippen molar-refractivity contribution in [3.8, 4) is 0 Å². The lowest BCUT2D eigenvalue weighted by Gasteiger charge is -2.30. The second-order valence-corrected chi connectivity index (χ2v) is 8.14. The van der Waals surface area contributed by atoms with Crippen LogP contribution < -0.4 is 0 Å². The lowest BCUT2D eigenvalue weighted by atomic mass is 9.99. The zero-order valence-electron chi connectivity index (χ0n) is 15.1. The zero-order valence-corrected chi connectivity index (χ0v) is 16.6. The molecule has 3 aromatic rings. The van der Waals surface area contributed by atoms with Gasteiger partial charge >= 0.3 is 5.97 Å². The van der Waals surface area contributed by atoms with Gasteiger partial charge in [-0.1, -0.05) is 35.9 Å². The fraction of sp³-hybridized carbons (Fsp3) is 0.238. The molecule has 28 heavy (non-hydrogen) atoms. The number of benzene rings is 2. The maximum absolute atomic E-state index is 13.4. The molecule has 4 rings (SSSR count). The fourth-order valence-electron chi connectivity index (χ4n) is 3.38. The maximum atomic E-state index is 13.4. The van der Waals surface area contributed by atoms with Crippen molar-refractivity contribution < 1.29 is 18.7 Å². The van der Waals surface area contributed by atoms with Gasteiger partial charge in [0, 0.05) is 23.2 Å². The molecule has 2 aromatic carbocycles. The highest BCUT2D eigenvalue weighted by Gasteiger charge is 2.28. The van der Waals surface area contributed by atoms with E-state index in [0.717, 1.165) is 23.3 Å². The first-order valence-corrected chi connectivity index (χ1v) is 10.1. The number of ether oxygens (including phenoxy) is 1. The summed E-state index contributed by atoms with van der Waals surface area (Å²) in [4.78, 5) is 27.2. The molecular formula is C21H17ClFNO3S. The third kappa shape index (κ3) is 3.50. The number of halogens is 2. The van der Waals surface area contributed by atoms with E-state index in [1.54, 1.807) is 11.8 Å². The number of esters is 1. The molecule has 0 fully saturated rings. The lowest BCUT2D eigenvalue weighted by Crippen LogP contribution is -2.42. The number of fused-ring (bicyclic) bond motifs is 2. The number of carbonyl (C=O) groups is 2. The van der Waals surface area contributed by atoms with Crippen molar-refractivity contribution in [2.75, 3.05) is 6.54 Å².